The number of amides is 2. The van der Waals surface area contributed by atoms with Gasteiger partial charge in [-0.05, 0) is 40.7 Å². The van der Waals surface area contributed by atoms with Crippen molar-refractivity contribution in [1.82, 2.24) is 15.5 Å². The summed E-state index contributed by atoms with van der Waals surface area (Å²) in [4.78, 5) is 26.1. The Morgan fingerprint density at radius 2 is 1.57 bits per heavy atom. The molecule has 3 heterocycles. The smallest absolute Gasteiger partial charge is 0.220 e. The molecule has 3 aromatic rings. The van der Waals surface area contributed by atoms with Crippen molar-refractivity contribution >= 4 is 11.8 Å². The quantitative estimate of drug-likeness (QED) is 0.181. The van der Waals surface area contributed by atoms with E-state index in [1.165, 1.54) is 6.92 Å². The molecule has 1 spiro atoms. The molecule has 0 saturated carbocycles. The van der Waals surface area contributed by atoms with Gasteiger partial charge in [-0.1, -0.05) is 86.1 Å². The molecule has 0 radical (unpaired) electrons. The first-order chi connectivity index (χ1) is 24.8. The maximum atomic E-state index is 12.6. The predicted molar refractivity (Wildman–Crippen MR) is 194 cm³/mol. The van der Waals surface area contributed by atoms with Crippen LogP contribution in [0, 0.1) is 5.92 Å². The van der Waals surface area contributed by atoms with Gasteiger partial charge in [0.05, 0.1) is 32.0 Å². The minimum absolute atomic E-state index is 0.00354. The minimum atomic E-state index is -0.548. The lowest BCUT2D eigenvalue weighted by molar-refractivity contribution is -0.278. The average molecular weight is 700 g/mol. The predicted octanol–water partition coefficient (Wildman–Crippen LogP) is 5.79. The second-order valence-corrected chi connectivity index (χ2v) is 14.1. The van der Waals surface area contributed by atoms with Gasteiger partial charge >= 0.3 is 0 Å². The van der Waals surface area contributed by atoms with E-state index in [-0.39, 0.29) is 36.5 Å². The molecule has 3 saturated heterocycles. The van der Waals surface area contributed by atoms with Crippen LogP contribution in [0.5, 0.6) is 0 Å². The van der Waals surface area contributed by atoms with E-state index in [1.54, 1.807) is 0 Å². The molecule has 274 valence electrons. The van der Waals surface area contributed by atoms with E-state index in [0.717, 1.165) is 85.1 Å². The average Bonchev–Trinajstić information content (AvgIpc) is 3.62. The maximum absolute atomic E-state index is 12.6. The molecule has 0 aromatic heterocycles. The van der Waals surface area contributed by atoms with Gasteiger partial charge in [-0.25, -0.2) is 0 Å². The zero-order valence-corrected chi connectivity index (χ0v) is 30.0. The van der Waals surface area contributed by atoms with Crippen LogP contribution in [0.2, 0.25) is 0 Å². The van der Waals surface area contributed by atoms with Crippen LogP contribution in [0.25, 0.3) is 11.1 Å². The van der Waals surface area contributed by atoms with Crippen molar-refractivity contribution in [3.63, 3.8) is 0 Å². The van der Waals surface area contributed by atoms with Crippen molar-refractivity contribution < 1.29 is 33.6 Å². The van der Waals surface area contributed by atoms with Crippen LogP contribution < -0.4 is 10.6 Å². The standard InChI is InChI=1S/C41H53N3O7/c1-29-37(27-44-22-19-41(20-23-44)48-24-25-49-41)50-40(51-39(29)33-13-11-31(28-45)12-14-33)34-17-15-32(16-18-34)36-9-6-5-8-35(36)26-43-38(47)10-4-3-7-21-42-30(2)46/h5-6,8-9,11-18,29,37,39-40,45H,3-4,7,10,19-28H2,1-2H3,(H,42,46)(H,43,47)/t29-,37+,39+,40+/m0/s1. The first-order valence-electron chi connectivity index (χ1n) is 18.5. The number of unbranched alkanes of at least 4 members (excludes halogenated alkanes) is 2. The lowest BCUT2D eigenvalue weighted by Gasteiger charge is -2.44. The van der Waals surface area contributed by atoms with Crippen molar-refractivity contribution in [3.8, 4) is 11.1 Å². The van der Waals surface area contributed by atoms with Gasteiger partial charge in [0.25, 0.3) is 0 Å². The first-order valence-corrected chi connectivity index (χ1v) is 18.5. The summed E-state index contributed by atoms with van der Waals surface area (Å²) >= 11 is 0. The Balaban J connectivity index is 1.11. The Hall–Kier alpha value is -3.64. The summed E-state index contributed by atoms with van der Waals surface area (Å²) in [7, 11) is 0. The van der Waals surface area contributed by atoms with E-state index in [1.807, 2.05) is 24.3 Å². The Morgan fingerprint density at radius 3 is 2.27 bits per heavy atom. The number of ether oxygens (including phenoxy) is 4. The molecule has 3 aromatic carbocycles. The highest BCUT2D eigenvalue weighted by atomic mass is 16.7. The van der Waals surface area contributed by atoms with Gasteiger partial charge in [-0.2, -0.15) is 0 Å². The number of likely N-dealkylation sites (tertiary alicyclic amines) is 1. The molecule has 6 rings (SSSR count). The van der Waals surface area contributed by atoms with Crippen LogP contribution in [0.4, 0.5) is 0 Å². The Kier molecular flexibility index (Phi) is 12.9. The van der Waals surface area contributed by atoms with Gasteiger partial charge in [0, 0.05) is 70.4 Å². The van der Waals surface area contributed by atoms with Crippen molar-refractivity contribution in [2.24, 2.45) is 5.92 Å². The number of piperidine rings is 1. The van der Waals surface area contributed by atoms with E-state index < -0.39 is 12.1 Å². The van der Waals surface area contributed by atoms with Gasteiger partial charge < -0.3 is 39.6 Å². The number of carbonyl (C=O) groups is 2. The molecule has 0 unspecified atom stereocenters. The zero-order valence-electron chi connectivity index (χ0n) is 30.0. The summed E-state index contributed by atoms with van der Waals surface area (Å²) in [6.45, 7) is 8.72. The molecule has 3 aliphatic rings. The molecule has 0 bridgehead atoms. The van der Waals surface area contributed by atoms with Crippen molar-refractivity contribution in [2.45, 2.75) is 89.8 Å². The third-order valence-electron chi connectivity index (χ3n) is 10.4. The Labute approximate surface area is 301 Å². The van der Waals surface area contributed by atoms with Crippen molar-refractivity contribution in [1.29, 1.82) is 0 Å². The molecule has 10 heteroatoms. The van der Waals surface area contributed by atoms with Gasteiger partial charge in [-0.15, -0.1) is 0 Å². The summed E-state index contributed by atoms with van der Waals surface area (Å²) in [5.41, 5.74) is 6.05. The number of rotatable bonds is 14. The first kappa shape index (κ1) is 37.1. The van der Waals surface area contributed by atoms with Crippen LogP contribution in [0.1, 0.15) is 87.0 Å². The van der Waals surface area contributed by atoms with Crippen molar-refractivity contribution in [3.05, 3.63) is 95.1 Å². The zero-order chi connectivity index (χ0) is 35.6. The Bertz CT molecular complexity index is 1560. The Morgan fingerprint density at radius 1 is 0.863 bits per heavy atom. The number of hydrogen-bond donors (Lipinski definition) is 3. The second-order valence-electron chi connectivity index (χ2n) is 14.1. The van der Waals surface area contributed by atoms with Crippen molar-refractivity contribution in [2.75, 3.05) is 39.4 Å². The molecular formula is C41H53N3O7. The van der Waals surface area contributed by atoms with Crippen LogP contribution in [0.15, 0.2) is 72.8 Å². The summed E-state index contributed by atoms with van der Waals surface area (Å²) in [6.07, 6.45) is 3.93. The molecule has 51 heavy (non-hydrogen) atoms. The molecule has 3 fully saturated rings. The fourth-order valence-electron chi connectivity index (χ4n) is 7.35. The summed E-state index contributed by atoms with van der Waals surface area (Å²) in [5.74, 6) is -0.315. The molecule has 3 N–H and O–H groups in total. The van der Waals surface area contributed by atoms with Gasteiger partial charge in [0.2, 0.25) is 11.8 Å². The monoisotopic (exact) mass is 699 g/mol. The number of carbonyl (C=O) groups excluding carboxylic acids is 2. The number of nitrogens with one attached hydrogen (secondary N) is 2. The van der Waals surface area contributed by atoms with Crippen LogP contribution in [0.3, 0.4) is 0 Å². The SMILES string of the molecule is CC(=O)NCCCCCC(=O)NCc1ccccc1-c1ccc([C@@H]2O[C@H](CN3CCC4(CC3)OCCO4)[C@H](C)[C@H](c3ccc(CO)cc3)O2)cc1. The lowest BCUT2D eigenvalue weighted by Crippen LogP contribution is -2.50. The van der Waals surface area contributed by atoms with Crippen LogP contribution in [-0.4, -0.2) is 73.1 Å². The molecular weight excluding hydrogens is 646 g/mol. The topological polar surface area (TPSA) is 119 Å². The van der Waals surface area contributed by atoms with Crippen LogP contribution >= 0.6 is 0 Å². The minimum Gasteiger partial charge on any atom is -0.392 e. The van der Waals surface area contributed by atoms with Gasteiger partial charge in [-0.3, -0.25) is 9.59 Å². The number of aliphatic hydroxyl groups excluding tert-OH is 1. The number of aliphatic hydroxyl groups is 1. The highest BCUT2D eigenvalue weighted by molar-refractivity contribution is 5.76. The van der Waals surface area contributed by atoms with E-state index in [9.17, 15) is 14.7 Å². The van der Waals surface area contributed by atoms with Crippen LogP contribution in [-0.2, 0) is 41.7 Å². The summed E-state index contributed by atoms with van der Waals surface area (Å²) < 4.78 is 25.4. The molecule has 0 aliphatic carbocycles. The fourth-order valence-corrected chi connectivity index (χ4v) is 7.35. The van der Waals surface area contributed by atoms with E-state index in [0.29, 0.717) is 32.7 Å². The van der Waals surface area contributed by atoms with E-state index in [4.69, 9.17) is 18.9 Å². The normalized spacial score (nSPS) is 23.3. The molecule has 10 nitrogen and oxygen atoms in total. The highest BCUT2D eigenvalue weighted by Gasteiger charge is 2.43. The number of nitrogens with zero attached hydrogens (tertiary/aromatic N) is 1. The third kappa shape index (κ3) is 9.83. The number of benzene rings is 3. The van der Waals surface area contributed by atoms with E-state index >= 15 is 0 Å². The lowest BCUT2D eigenvalue weighted by atomic mass is 9.89. The third-order valence-corrected chi connectivity index (χ3v) is 10.4. The summed E-state index contributed by atoms with van der Waals surface area (Å²) in [5, 5.41) is 15.5. The summed E-state index contributed by atoms with van der Waals surface area (Å²) in [6, 6.07) is 24.5. The molecule has 2 amide bonds. The number of hydrogen-bond acceptors (Lipinski definition) is 8. The highest BCUT2D eigenvalue weighted by Crippen LogP contribution is 2.43. The molecule has 3 aliphatic heterocycles. The maximum Gasteiger partial charge on any atom is 0.220 e. The second kappa shape index (κ2) is 17.7. The largest absolute Gasteiger partial charge is 0.392 e. The van der Waals surface area contributed by atoms with Gasteiger partial charge in [0.15, 0.2) is 12.1 Å². The van der Waals surface area contributed by atoms with E-state index in [2.05, 4.69) is 71.0 Å². The molecule has 4 atom stereocenters. The fraction of sp³-hybridized carbons (Fsp3) is 0.512. The van der Waals surface area contributed by atoms with Gasteiger partial charge in [0.1, 0.15) is 0 Å².